The summed E-state index contributed by atoms with van der Waals surface area (Å²) in [6.07, 6.45) is -0.602. The van der Waals surface area contributed by atoms with Crippen LogP contribution in [-0.4, -0.2) is 55.4 Å². The molecule has 0 aliphatic carbocycles. The van der Waals surface area contributed by atoms with Crippen molar-refractivity contribution in [2.24, 2.45) is 0 Å². The van der Waals surface area contributed by atoms with Crippen molar-refractivity contribution < 1.29 is 14.2 Å². The zero-order chi connectivity index (χ0) is 20.2. The molecule has 1 atom stereocenters. The van der Waals surface area contributed by atoms with Gasteiger partial charge in [-0.3, -0.25) is 4.90 Å². The van der Waals surface area contributed by atoms with Crippen LogP contribution in [0.25, 0.3) is 10.8 Å². The molecule has 1 aliphatic rings. The highest BCUT2D eigenvalue weighted by molar-refractivity contribution is 6.37. The van der Waals surface area contributed by atoms with Crippen LogP contribution in [-0.2, 0) is 0 Å². The lowest BCUT2D eigenvalue weighted by molar-refractivity contribution is 0.0664. The van der Waals surface area contributed by atoms with Crippen LogP contribution in [0.15, 0.2) is 60.7 Å². The maximum absolute atomic E-state index is 13.1. The van der Waals surface area contributed by atoms with E-state index in [0.717, 1.165) is 42.6 Å². The van der Waals surface area contributed by atoms with Gasteiger partial charge in [0.25, 0.3) is 0 Å². The predicted molar refractivity (Wildman–Crippen MR) is 116 cm³/mol. The van der Waals surface area contributed by atoms with E-state index in [0.29, 0.717) is 17.3 Å². The molecule has 0 radical (unpaired) electrons. The molecule has 1 unspecified atom stereocenters. The summed E-state index contributed by atoms with van der Waals surface area (Å²) in [5.41, 5.74) is 1.03. The molecule has 1 fully saturated rings. The van der Waals surface area contributed by atoms with E-state index in [4.69, 9.17) is 16.3 Å². The lowest BCUT2D eigenvalue weighted by Gasteiger charge is -2.36. The Balaban J connectivity index is 1.27. The Hall–Kier alpha value is -2.34. The van der Waals surface area contributed by atoms with Gasteiger partial charge in [-0.05, 0) is 35.7 Å². The number of fused-ring (bicyclic) bond motifs is 1. The Morgan fingerprint density at radius 1 is 0.966 bits per heavy atom. The van der Waals surface area contributed by atoms with E-state index in [1.807, 2.05) is 36.4 Å². The highest BCUT2D eigenvalue weighted by atomic mass is 35.5. The van der Waals surface area contributed by atoms with Gasteiger partial charge < -0.3 is 14.7 Å². The first-order chi connectivity index (χ1) is 14.1. The first-order valence-electron chi connectivity index (χ1n) is 9.81. The first kappa shape index (κ1) is 20.0. The van der Waals surface area contributed by atoms with Crippen molar-refractivity contribution in [1.82, 2.24) is 4.90 Å². The van der Waals surface area contributed by atoms with E-state index < -0.39 is 6.10 Å². The minimum atomic E-state index is -0.602. The van der Waals surface area contributed by atoms with Gasteiger partial charge in [0.2, 0.25) is 0 Å². The lowest BCUT2D eigenvalue weighted by atomic mass is 10.1. The minimum absolute atomic E-state index is 0.191. The Bertz CT molecular complexity index is 959. The normalized spacial score (nSPS) is 16.2. The van der Waals surface area contributed by atoms with E-state index >= 15 is 0 Å². The van der Waals surface area contributed by atoms with Crippen LogP contribution in [0, 0.1) is 5.82 Å². The second-order valence-electron chi connectivity index (χ2n) is 7.33. The van der Waals surface area contributed by atoms with E-state index in [9.17, 15) is 9.50 Å². The second-order valence-corrected chi connectivity index (χ2v) is 7.71. The standard InChI is InChI=1S/C23H24ClFN2O2/c24-23-21-4-2-1-3-17(21)5-10-22(23)29-16-20(28)15-26-11-13-27(14-12-26)19-8-6-18(25)7-9-19/h1-10,20,28H,11-16H2. The maximum atomic E-state index is 13.1. The van der Waals surface area contributed by atoms with Crippen molar-refractivity contribution in [2.75, 3.05) is 44.2 Å². The number of ether oxygens (including phenoxy) is 1. The van der Waals surface area contributed by atoms with Gasteiger partial charge in [-0.1, -0.05) is 41.9 Å². The molecule has 6 heteroatoms. The van der Waals surface area contributed by atoms with Gasteiger partial charge in [0.1, 0.15) is 24.3 Å². The van der Waals surface area contributed by atoms with Crippen LogP contribution in [0.3, 0.4) is 0 Å². The molecule has 1 N–H and O–H groups in total. The lowest BCUT2D eigenvalue weighted by Crippen LogP contribution is -2.49. The zero-order valence-corrected chi connectivity index (χ0v) is 16.9. The van der Waals surface area contributed by atoms with Gasteiger partial charge in [-0.25, -0.2) is 4.39 Å². The van der Waals surface area contributed by atoms with Gasteiger partial charge in [0.05, 0.1) is 5.02 Å². The van der Waals surface area contributed by atoms with Gasteiger partial charge in [-0.2, -0.15) is 0 Å². The fraction of sp³-hybridized carbons (Fsp3) is 0.304. The van der Waals surface area contributed by atoms with Crippen molar-refractivity contribution >= 4 is 28.1 Å². The molecule has 0 amide bonds. The van der Waals surface area contributed by atoms with Crippen molar-refractivity contribution in [3.8, 4) is 5.75 Å². The van der Waals surface area contributed by atoms with Crippen LogP contribution in [0.4, 0.5) is 10.1 Å². The second kappa shape index (κ2) is 8.99. The monoisotopic (exact) mass is 414 g/mol. The molecule has 0 spiro atoms. The summed E-state index contributed by atoms with van der Waals surface area (Å²) >= 11 is 6.45. The summed E-state index contributed by atoms with van der Waals surface area (Å²) < 4.78 is 18.9. The number of halogens is 2. The minimum Gasteiger partial charge on any atom is -0.489 e. The molecule has 1 heterocycles. The number of β-amino-alcohol motifs (C(OH)–C–C–N with tert-alkyl or cyclic N) is 1. The Labute approximate surface area is 175 Å². The third-order valence-corrected chi connectivity index (χ3v) is 5.68. The van der Waals surface area contributed by atoms with E-state index in [1.165, 1.54) is 12.1 Å². The van der Waals surface area contributed by atoms with Gasteiger partial charge in [-0.15, -0.1) is 0 Å². The van der Waals surface area contributed by atoms with E-state index in [-0.39, 0.29) is 12.4 Å². The molecule has 0 aromatic heterocycles. The molecule has 4 rings (SSSR count). The van der Waals surface area contributed by atoms with E-state index in [2.05, 4.69) is 9.80 Å². The largest absolute Gasteiger partial charge is 0.489 e. The van der Waals surface area contributed by atoms with Crippen LogP contribution >= 0.6 is 11.6 Å². The number of hydrogen-bond donors (Lipinski definition) is 1. The Morgan fingerprint density at radius 3 is 2.45 bits per heavy atom. The number of rotatable bonds is 6. The number of aliphatic hydroxyl groups is 1. The summed E-state index contributed by atoms with van der Waals surface area (Å²) in [7, 11) is 0. The number of nitrogens with zero attached hydrogens (tertiary/aromatic N) is 2. The molecule has 29 heavy (non-hydrogen) atoms. The number of benzene rings is 3. The fourth-order valence-corrected chi connectivity index (χ4v) is 3.99. The van der Waals surface area contributed by atoms with Crippen molar-refractivity contribution in [2.45, 2.75) is 6.10 Å². The Kier molecular flexibility index (Phi) is 6.19. The van der Waals surface area contributed by atoms with Crippen molar-refractivity contribution in [3.63, 3.8) is 0 Å². The molecule has 1 saturated heterocycles. The quantitative estimate of drug-likeness (QED) is 0.656. The predicted octanol–water partition coefficient (Wildman–Crippen LogP) is 4.19. The number of hydrogen-bond acceptors (Lipinski definition) is 4. The van der Waals surface area contributed by atoms with Crippen molar-refractivity contribution in [3.05, 3.63) is 71.5 Å². The molecular formula is C23H24ClFN2O2. The van der Waals surface area contributed by atoms with E-state index in [1.54, 1.807) is 12.1 Å². The number of piperazine rings is 1. The third kappa shape index (κ3) is 4.81. The SMILES string of the molecule is OC(COc1ccc2ccccc2c1Cl)CN1CCN(c2ccc(F)cc2)CC1. The first-order valence-corrected chi connectivity index (χ1v) is 10.2. The van der Waals surface area contributed by atoms with Gasteiger partial charge in [0, 0.05) is 43.8 Å². The Morgan fingerprint density at radius 2 is 1.69 bits per heavy atom. The van der Waals surface area contributed by atoms with Gasteiger partial charge in [0.15, 0.2) is 0 Å². The highest BCUT2D eigenvalue weighted by Crippen LogP contribution is 2.32. The average Bonchev–Trinajstić information content (AvgIpc) is 2.75. The third-order valence-electron chi connectivity index (χ3n) is 5.29. The van der Waals surface area contributed by atoms with Crippen LogP contribution in [0.2, 0.25) is 5.02 Å². The summed E-state index contributed by atoms with van der Waals surface area (Å²) in [6.45, 7) is 4.10. The van der Waals surface area contributed by atoms with Crippen LogP contribution in [0.1, 0.15) is 0 Å². The highest BCUT2D eigenvalue weighted by Gasteiger charge is 2.20. The van der Waals surface area contributed by atoms with Crippen molar-refractivity contribution in [1.29, 1.82) is 0 Å². The molecule has 1 aliphatic heterocycles. The summed E-state index contributed by atoms with van der Waals surface area (Å²) in [6, 6.07) is 18.3. The molecule has 152 valence electrons. The summed E-state index contributed by atoms with van der Waals surface area (Å²) in [4.78, 5) is 4.45. The van der Waals surface area contributed by atoms with Gasteiger partial charge >= 0.3 is 0 Å². The zero-order valence-electron chi connectivity index (χ0n) is 16.1. The molecule has 0 saturated carbocycles. The molecular weight excluding hydrogens is 391 g/mol. The topological polar surface area (TPSA) is 35.9 Å². The summed E-state index contributed by atoms with van der Waals surface area (Å²) in [5, 5.41) is 13.0. The smallest absolute Gasteiger partial charge is 0.138 e. The fourth-order valence-electron chi connectivity index (χ4n) is 3.70. The molecule has 4 nitrogen and oxygen atoms in total. The number of aliphatic hydroxyl groups excluding tert-OH is 1. The average molecular weight is 415 g/mol. The number of anilines is 1. The maximum Gasteiger partial charge on any atom is 0.138 e. The molecule has 3 aromatic carbocycles. The summed E-state index contributed by atoms with van der Waals surface area (Å²) in [5.74, 6) is 0.368. The van der Waals surface area contributed by atoms with Crippen LogP contribution in [0.5, 0.6) is 5.75 Å². The van der Waals surface area contributed by atoms with Crippen LogP contribution < -0.4 is 9.64 Å². The molecule has 0 bridgehead atoms. The molecule has 3 aromatic rings.